The summed E-state index contributed by atoms with van der Waals surface area (Å²) in [6.45, 7) is 9.03. The second-order valence-electron chi connectivity index (χ2n) is 5.84. The molecule has 0 spiro atoms. The molecule has 1 fully saturated rings. The van der Waals surface area contributed by atoms with E-state index in [9.17, 15) is 0 Å². The van der Waals surface area contributed by atoms with Crippen molar-refractivity contribution in [2.75, 3.05) is 37.2 Å². The summed E-state index contributed by atoms with van der Waals surface area (Å²) >= 11 is 0. The molecule has 0 unspecified atom stereocenters. The molecule has 114 valence electrons. The quantitative estimate of drug-likeness (QED) is 0.837. The predicted molar refractivity (Wildman–Crippen MR) is 84.9 cm³/mol. The van der Waals surface area contributed by atoms with E-state index in [-0.39, 0.29) is 0 Å². The fraction of sp³-hybridized carbons (Fsp3) is 0.800. The lowest BCUT2D eigenvalue weighted by Crippen LogP contribution is -2.35. The van der Waals surface area contributed by atoms with E-state index in [0.29, 0.717) is 0 Å². The van der Waals surface area contributed by atoms with Gasteiger partial charge in [-0.2, -0.15) is 5.10 Å². The highest BCUT2D eigenvalue weighted by molar-refractivity contribution is 5.65. The van der Waals surface area contributed by atoms with Gasteiger partial charge in [-0.15, -0.1) is 0 Å². The van der Waals surface area contributed by atoms with E-state index in [1.807, 2.05) is 11.7 Å². The molecular formula is C15H29N5. The number of piperidine rings is 1. The molecule has 1 aliphatic heterocycles. The zero-order valence-electron chi connectivity index (χ0n) is 13.2. The fourth-order valence-electron chi connectivity index (χ4n) is 2.97. The van der Waals surface area contributed by atoms with Crippen molar-refractivity contribution in [3.63, 3.8) is 0 Å². The highest BCUT2D eigenvalue weighted by Gasteiger charge is 2.19. The molecule has 0 radical (unpaired) electrons. The number of nitrogens with two attached hydrogens (primary N) is 1. The average Bonchev–Trinajstić information content (AvgIpc) is 2.72. The lowest BCUT2D eigenvalue weighted by molar-refractivity contribution is 0.198. The Bertz CT molecular complexity index is 418. The number of likely N-dealkylation sites (tertiary alicyclic amines) is 1. The number of hydrogen-bond acceptors (Lipinski definition) is 4. The second-order valence-corrected chi connectivity index (χ2v) is 5.84. The van der Waals surface area contributed by atoms with Crippen molar-refractivity contribution in [3.05, 3.63) is 5.69 Å². The van der Waals surface area contributed by atoms with Crippen molar-refractivity contribution >= 4 is 11.5 Å². The van der Waals surface area contributed by atoms with Crippen LogP contribution in [0.5, 0.6) is 0 Å². The highest BCUT2D eigenvalue weighted by atomic mass is 15.3. The van der Waals surface area contributed by atoms with Gasteiger partial charge in [0.1, 0.15) is 5.82 Å². The Morgan fingerprint density at radius 2 is 2.00 bits per heavy atom. The minimum Gasteiger partial charge on any atom is -0.394 e. The smallest absolute Gasteiger partial charge is 0.147 e. The summed E-state index contributed by atoms with van der Waals surface area (Å²) in [4.78, 5) is 2.52. The summed E-state index contributed by atoms with van der Waals surface area (Å²) in [6.07, 6.45) is 4.59. The van der Waals surface area contributed by atoms with Crippen LogP contribution in [0.2, 0.25) is 0 Å². The van der Waals surface area contributed by atoms with E-state index in [2.05, 4.69) is 29.2 Å². The Labute approximate surface area is 122 Å². The van der Waals surface area contributed by atoms with Crippen LogP contribution in [0, 0.1) is 5.92 Å². The zero-order chi connectivity index (χ0) is 14.5. The van der Waals surface area contributed by atoms with Gasteiger partial charge in [0.2, 0.25) is 0 Å². The standard InChI is InChI=1S/C15H29N5/c1-4-6-13-14(16)15(19(3)18-13)17-11-12-7-9-20(5-2)10-8-12/h12,17H,4-11,16H2,1-3H3. The van der Waals surface area contributed by atoms with Crippen LogP contribution < -0.4 is 11.1 Å². The Morgan fingerprint density at radius 3 is 2.60 bits per heavy atom. The van der Waals surface area contributed by atoms with Crippen molar-refractivity contribution < 1.29 is 0 Å². The van der Waals surface area contributed by atoms with Gasteiger partial charge in [0, 0.05) is 13.6 Å². The largest absolute Gasteiger partial charge is 0.394 e. The predicted octanol–water partition coefficient (Wildman–Crippen LogP) is 2.10. The van der Waals surface area contributed by atoms with Crippen LogP contribution in [0.25, 0.3) is 0 Å². The zero-order valence-corrected chi connectivity index (χ0v) is 13.2. The van der Waals surface area contributed by atoms with Crippen LogP contribution in [0.1, 0.15) is 38.8 Å². The van der Waals surface area contributed by atoms with Crippen molar-refractivity contribution in [1.29, 1.82) is 0 Å². The first-order chi connectivity index (χ1) is 9.65. The van der Waals surface area contributed by atoms with Crippen LogP contribution in [-0.2, 0) is 13.5 Å². The molecule has 2 rings (SSSR count). The molecule has 0 atom stereocenters. The summed E-state index contributed by atoms with van der Waals surface area (Å²) in [5.41, 5.74) is 8.06. The van der Waals surface area contributed by atoms with Gasteiger partial charge in [-0.05, 0) is 44.8 Å². The number of aromatic nitrogens is 2. The minimum atomic E-state index is 0.752. The summed E-state index contributed by atoms with van der Waals surface area (Å²) in [5, 5.41) is 8.03. The van der Waals surface area contributed by atoms with E-state index in [4.69, 9.17) is 5.73 Å². The third kappa shape index (κ3) is 3.45. The molecule has 5 nitrogen and oxygen atoms in total. The van der Waals surface area contributed by atoms with Crippen LogP contribution >= 0.6 is 0 Å². The maximum Gasteiger partial charge on any atom is 0.147 e. The molecule has 0 aromatic carbocycles. The minimum absolute atomic E-state index is 0.752. The monoisotopic (exact) mass is 279 g/mol. The molecule has 1 aromatic heterocycles. The van der Waals surface area contributed by atoms with Gasteiger partial charge >= 0.3 is 0 Å². The number of hydrogen-bond donors (Lipinski definition) is 2. The maximum atomic E-state index is 6.20. The molecule has 3 N–H and O–H groups in total. The summed E-state index contributed by atoms with van der Waals surface area (Å²) in [7, 11) is 1.97. The Kier molecular flexibility index (Phi) is 5.29. The van der Waals surface area contributed by atoms with Crippen molar-refractivity contribution in [2.45, 2.75) is 39.5 Å². The first kappa shape index (κ1) is 15.2. The Morgan fingerprint density at radius 1 is 1.30 bits per heavy atom. The van der Waals surface area contributed by atoms with E-state index in [1.54, 1.807) is 0 Å². The van der Waals surface area contributed by atoms with Gasteiger partial charge in [0.15, 0.2) is 0 Å². The Balaban J connectivity index is 1.88. The molecule has 20 heavy (non-hydrogen) atoms. The van der Waals surface area contributed by atoms with E-state index in [0.717, 1.165) is 42.5 Å². The summed E-state index contributed by atoms with van der Waals surface area (Å²) in [5.74, 6) is 1.74. The molecule has 1 aromatic rings. The summed E-state index contributed by atoms with van der Waals surface area (Å²) < 4.78 is 1.89. The van der Waals surface area contributed by atoms with Crippen LogP contribution in [0.3, 0.4) is 0 Å². The third-order valence-electron chi connectivity index (χ3n) is 4.36. The first-order valence-corrected chi connectivity index (χ1v) is 7.93. The van der Waals surface area contributed by atoms with Gasteiger partial charge in [0.05, 0.1) is 11.4 Å². The van der Waals surface area contributed by atoms with Crippen molar-refractivity contribution in [2.24, 2.45) is 13.0 Å². The maximum absolute atomic E-state index is 6.20. The average molecular weight is 279 g/mol. The molecule has 0 aliphatic carbocycles. The lowest BCUT2D eigenvalue weighted by Gasteiger charge is -2.31. The number of aryl methyl sites for hydroxylation is 2. The van der Waals surface area contributed by atoms with Gasteiger partial charge in [0.25, 0.3) is 0 Å². The van der Waals surface area contributed by atoms with Crippen LogP contribution in [0.15, 0.2) is 0 Å². The molecule has 0 bridgehead atoms. The van der Waals surface area contributed by atoms with Crippen LogP contribution in [-0.4, -0.2) is 40.9 Å². The van der Waals surface area contributed by atoms with Gasteiger partial charge in [-0.3, -0.25) is 4.68 Å². The van der Waals surface area contributed by atoms with Gasteiger partial charge in [-0.1, -0.05) is 20.3 Å². The van der Waals surface area contributed by atoms with E-state index >= 15 is 0 Å². The third-order valence-corrected chi connectivity index (χ3v) is 4.36. The number of nitrogens with one attached hydrogen (secondary N) is 1. The van der Waals surface area contributed by atoms with Crippen molar-refractivity contribution in [3.8, 4) is 0 Å². The molecule has 1 saturated heterocycles. The number of nitrogen functional groups attached to an aromatic ring is 1. The Hall–Kier alpha value is -1.23. The van der Waals surface area contributed by atoms with Gasteiger partial charge < -0.3 is 16.0 Å². The van der Waals surface area contributed by atoms with E-state index < -0.39 is 0 Å². The number of nitrogens with zero attached hydrogens (tertiary/aromatic N) is 3. The first-order valence-electron chi connectivity index (χ1n) is 7.93. The van der Waals surface area contributed by atoms with E-state index in [1.165, 1.54) is 32.5 Å². The number of anilines is 2. The van der Waals surface area contributed by atoms with Crippen molar-refractivity contribution in [1.82, 2.24) is 14.7 Å². The molecule has 2 heterocycles. The van der Waals surface area contributed by atoms with Crippen LogP contribution in [0.4, 0.5) is 11.5 Å². The lowest BCUT2D eigenvalue weighted by atomic mass is 9.97. The molecule has 0 amide bonds. The summed E-state index contributed by atoms with van der Waals surface area (Å²) in [6, 6.07) is 0. The fourth-order valence-corrected chi connectivity index (χ4v) is 2.97. The highest BCUT2D eigenvalue weighted by Crippen LogP contribution is 2.24. The SMILES string of the molecule is CCCc1nn(C)c(NCC2CCN(CC)CC2)c1N. The molecular weight excluding hydrogens is 250 g/mol. The molecule has 5 heteroatoms. The molecule has 0 saturated carbocycles. The topological polar surface area (TPSA) is 59.1 Å². The number of rotatable bonds is 6. The second kappa shape index (κ2) is 6.97. The van der Waals surface area contributed by atoms with Gasteiger partial charge in [-0.25, -0.2) is 0 Å². The normalized spacial score (nSPS) is 17.6. The molecule has 1 aliphatic rings.